The zero-order valence-electron chi connectivity index (χ0n) is 39.0. The number of benzene rings is 9. The van der Waals surface area contributed by atoms with Crippen molar-refractivity contribution in [2.75, 3.05) is 14.7 Å². The summed E-state index contributed by atoms with van der Waals surface area (Å²) in [5.74, 6) is 0. The fraction of sp³-hybridized carbons (Fsp3) is 0.143. The van der Waals surface area contributed by atoms with Crippen LogP contribution in [0.25, 0.3) is 51.5 Å². The van der Waals surface area contributed by atoms with Gasteiger partial charge in [0, 0.05) is 80.9 Å². The molecule has 3 nitrogen and oxygen atoms in total. The molecule has 0 bridgehead atoms. The summed E-state index contributed by atoms with van der Waals surface area (Å²) in [4.78, 5) is 8.01. The van der Waals surface area contributed by atoms with Crippen molar-refractivity contribution in [3.63, 3.8) is 0 Å². The van der Waals surface area contributed by atoms with Crippen molar-refractivity contribution in [2.24, 2.45) is 0 Å². The van der Waals surface area contributed by atoms with Crippen molar-refractivity contribution >= 4 is 132 Å². The lowest BCUT2D eigenvalue weighted by Crippen LogP contribution is -2.61. The molecule has 0 spiro atoms. The van der Waals surface area contributed by atoms with E-state index in [9.17, 15) is 0 Å². The van der Waals surface area contributed by atoms with E-state index < -0.39 is 0 Å². The molecule has 0 N–H and O–H groups in total. The van der Waals surface area contributed by atoms with E-state index in [0.717, 1.165) is 6.42 Å². The standard InChI is InChI=1S/C63H48BN3S2/c1-39-34-55-60-56(35-39)66(53-23-15-20-46-44-18-7-12-25-58(44)69-61(46)53)54-38-43(67-51-22-10-9-21-48(51)62(2)32-13-14-33-63(62,67)3)27-29-49(54)64(60)50-36-41(40-16-5-4-6-17-40)26-30-52(50)65(55)42-28-31-59-47(37-42)45-19-8-11-24-57(45)68-59/h4-12,15-31,34-38H,13-14,32-33H2,1-3H3. The molecule has 1 saturated carbocycles. The van der Waals surface area contributed by atoms with Gasteiger partial charge in [0.25, 0.3) is 6.71 Å². The number of thiophene rings is 2. The molecule has 0 saturated heterocycles. The summed E-state index contributed by atoms with van der Waals surface area (Å²) in [5, 5.41) is 5.25. The molecular weight excluding hydrogens is 874 g/mol. The van der Waals surface area contributed by atoms with Crippen LogP contribution in [0.4, 0.5) is 45.5 Å². The molecule has 0 amide bonds. The van der Waals surface area contributed by atoms with Gasteiger partial charge in [-0.05, 0) is 138 Å². The Bertz CT molecular complexity index is 3960. The summed E-state index contributed by atoms with van der Waals surface area (Å²) in [5.41, 5.74) is 19.2. The lowest BCUT2D eigenvalue weighted by Gasteiger charge is -2.50. The summed E-state index contributed by atoms with van der Waals surface area (Å²) in [7, 11) is 0. The zero-order valence-corrected chi connectivity index (χ0v) is 40.6. The van der Waals surface area contributed by atoms with Gasteiger partial charge >= 0.3 is 0 Å². The zero-order chi connectivity index (χ0) is 45.8. The summed E-state index contributed by atoms with van der Waals surface area (Å²) in [6.45, 7) is 7.38. The van der Waals surface area contributed by atoms with E-state index in [1.807, 2.05) is 22.7 Å². The predicted molar refractivity (Wildman–Crippen MR) is 299 cm³/mol. The number of nitrogens with zero attached hydrogens (tertiary/aromatic N) is 3. The van der Waals surface area contributed by atoms with E-state index in [1.54, 1.807) is 0 Å². The molecule has 1 fully saturated rings. The van der Waals surface area contributed by atoms with E-state index >= 15 is 0 Å². The van der Waals surface area contributed by atoms with Gasteiger partial charge < -0.3 is 14.7 Å². The normalized spacial score (nSPS) is 19.0. The third-order valence-corrected chi connectivity index (χ3v) is 19.2. The molecule has 69 heavy (non-hydrogen) atoms. The van der Waals surface area contributed by atoms with Crippen molar-refractivity contribution in [1.82, 2.24) is 0 Å². The molecule has 0 radical (unpaired) electrons. The third kappa shape index (κ3) is 5.45. The van der Waals surface area contributed by atoms with Crippen molar-refractivity contribution in [1.29, 1.82) is 0 Å². The largest absolute Gasteiger partial charge is 0.334 e. The number of hydrogen-bond donors (Lipinski definition) is 0. The fourth-order valence-corrected chi connectivity index (χ4v) is 15.8. The number of rotatable bonds is 4. The quantitative estimate of drug-likeness (QED) is 0.163. The summed E-state index contributed by atoms with van der Waals surface area (Å²) < 4.78 is 5.27. The first-order chi connectivity index (χ1) is 33.9. The molecule has 2 aromatic heterocycles. The Hall–Kier alpha value is -7.12. The lowest BCUT2D eigenvalue weighted by atomic mass is 9.33. The van der Waals surface area contributed by atoms with Crippen molar-refractivity contribution in [2.45, 2.75) is 57.4 Å². The van der Waals surface area contributed by atoms with Gasteiger partial charge in [0.2, 0.25) is 0 Å². The minimum atomic E-state index is -0.0623. The number of para-hydroxylation sites is 1. The highest BCUT2D eigenvalue weighted by molar-refractivity contribution is 7.26. The van der Waals surface area contributed by atoms with Crippen molar-refractivity contribution in [3.05, 3.63) is 199 Å². The average Bonchev–Trinajstić information content (AvgIpc) is 4.02. The van der Waals surface area contributed by atoms with E-state index in [1.165, 1.54) is 144 Å². The Morgan fingerprint density at radius 2 is 1.13 bits per heavy atom. The van der Waals surface area contributed by atoms with Crippen LogP contribution in [0.15, 0.2) is 188 Å². The van der Waals surface area contributed by atoms with Gasteiger partial charge in [0.1, 0.15) is 0 Å². The highest BCUT2D eigenvalue weighted by atomic mass is 32.1. The predicted octanol–water partition coefficient (Wildman–Crippen LogP) is 16.2. The minimum Gasteiger partial charge on any atom is -0.334 e. The number of anilines is 8. The van der Waals surface area contributed by atoms with Gasteiger partial charge in [-0.1, -0.05) is 135 Å². The van der Waals surface area contributed by atoms with Gasteiger partial charge in [-0.25, -0.2) is 0 Å². The first kappa shape index (κ1) is 39.8. The highest BCUT2D eigenvalue weighted by Gasteiger charge is 2.57. The van der Waals surface area contributed by atoms with E-state index in [-0.39, 0.29) is 17.7 Å². The van der Waals surface area contributed by atoms with Gasteiger partial charge in [-0.2, -0.15) is 0 Å². The second-order valence-corrected chi connectivity index (χ2v) is 22.5. The Labute approximate surface area is 411 Å². The molecule has 6 heteroatoms. The van der Waals surface area contributed by atoms with Crippen LogP contribution in [-0.4, -0.2) is 12.3 Å². The molecule has 3 aliphatic heterocycles. The minimum absolute atomic E-state index is 0.0143. The Morgan fingerprint density at radius 1 is 0.449 bits per heavy atom. The van der Waals surface area contributed by atoms with Gasteiger partial charge in [-0.3, -0.25) is 0 Å². The summed E-state index contributed by atoms with van der Waals surface area (Å²) in [6, 6.07) is 72.0. The van der Waals surface area contributed by atoms with Crippen LogP contribution in [0.5, 0.6) is 0 Å². The molecule has 330 valence electrons. The van der Waals surface area contributed by atoms with Crippen molar-refractivity contribution < 1.29 is 0 Å². The first-order valence-electron chi connectivity index (χ1n) is 24.7. The van der Waals surface area contributed by atoms with Crippen LogP contribution in [0.3, 0.4) is 0 Å². The smallest absolute Gasteiger partial charge is 0.252 e. The van der Waals surface area contributed by atoms with E-state index in [4.69, 9.17) is 0 Å². The van der Waals surface area contributed by atoms with Crippen molar-refractivity contribution in [3.8, 4) is 11.1 Å². The van der Waals surface area contributed by atoms with E-state index in [0.29, 0.717) is 0 Å². The van der Waals surface area contributed by atoms with Crippen LogP contribution in [0, 0.1) is 6.92 Å². The Balaban J connectivity index is 1.03. The average molecular weight is 922 g/mol. The Kier molecular flexibility index (Phi) is 8.35. The first-order valence-corrected chi connectivity index (χ1v) is 26.3. The Morgan fingerprint density at radius 3 is 1.99 bits per heavy atom. The van der Waals surface area contributed by atoms with Gasteiger partial charge in [0.15, 0.2) is 0 Å². The molecule has 1 aliphatic carbocycles. The molecule has 2 unspecified atom stereocenters. The second kappa shape index (κ2) is 14.5. The fourth-order valence-electron chi connectivity index (χ4n) is 13.5. The number of aryl methyl sites for hydroxylation is 1. The molecule has 11 aromatic rings. The molecule has 2 atom stereocenters. The molecule has 9 aromatic carbocycles. The summed E-state index contributed by atoms with van der Waals surface area (Å²) >= 11 is 3.80. The van der Waals surface area contributed by atoms with Crippen LogP contribution in [0.2, 0.25) is 0 Å². The monoisotopic (exact) mass is 921 g/mol. The third-order valence-electron chi connectivity index (χ3n) is 16.8. The van der Waals surface area contributed by atoms with Crippen LogP contribution < -0.4 is 31.1 Å². The highest BCUT2D eigenvalue weighted by Crippen LogP contribution is 2.61. The second-order valence-electron chi connectivity index (χ2n) is 20.4. The number of fused-ring (bicyclic) bond motifs is 13. The molecule has 5 heterocycles. The van der Waals surface area contributed by atoms with Crippen LogP contribution in [0.1, 0.15) is 50.7 Å². The molecule has 15 rings (SSSR count). The maximum absolute atomic E-state index is 2.76. The topological polar surface area (TPSA) is 9.72 Å². The molecular formula is C63H48BN3S2. The molecule has 4 aliphatic rings. The summed E-state index contributed by atoms with van der Waals surface area (Å²) in [6.07, 6.45) is 4.87. The maximum atomic E-state index is 2.76. The van der Waals surface area contributed by atoms with Gasteiger partial charge in [0.05, 0.1) is 15.9 Å². The van der Waals surface area contributed by atoms with Crippen LogP contribution >= 0.6 is 22.7 Å². The van der Waals surface area contributed by atoms with E-state index in [2.05, 4.69) is 224 Å². The van der Waals surface area contributed by atoms with Gasteiger partial charge in [-0.15, -0.1) is 22.7 Å². The maximum Gasteiger partial charge on any atom is 0.252 e. The lowest BCUT2D eigenvalue weighted by molar-refractivity contribution is 0.195. The number of hydrogen-bond acceptors (Lipinski definition) is 5. The van der Waals surface area contributed by atoms with Crippen LogP contribution in [-0.2, 0) is 5.41 Å². The SMILES string of the molecule is Cc1cc2c3c(c1)N(c1cccc4c1sc1ccccc14)c1cc(N4c5ccccc5C5(C)CCCCC45C)ccc1B3c1cc(-c3ccccc3)ccc1N2c1ccc2sc3ccccc3c2c1.